The molecular weight excluding hydrogens is 368 g/mol. The molecular formula is C20H26N8O. The molecule has 4 rings (SSSR count). The van der Waals surface area contributed by atoms with Gasteiger partial charge in [-0.05, 0) is 13.0 Å². The number of nitrogens with one attached hydrogen (secondary N) is 1. The Kier molecular flexibility index (Phi) is 5.85. The van der Waals surface area contributed by atoms with Gasteiger partial charge in [-0.2, -0.15) is 5.10 Å². The van der Waals surface area contributed by atoms with Crippen LogP contribution in [0.5, 0.6) is 0 Å². The minimum atomic E-state index is -0.0128. The Labute approximate surface area is 170 Å². The van der Waals surface area contributed by atoms with E-state index < -0.39 is 0 Å². The van der Waals surface area contributed by atoms with Crippen LogP contribution in [0.15, 0.2) is 54.4 Å². The number of hydrogen-bond acceptors (Lipinski definition) is 5. The fraction of sp³-hybridized carbons (Fsp3) is 0.400. The summed E-state index contributed by atoms with van der Waals surface area (Å²) in [6.07, 6.45) is 11.0. The molecule has 0 saturated carbocycles. The Balaban J connectivity index is 1.53. The van der Waals surface area contributed by atoms with Gasteiger partial charge in [0.05, 0.1) is 25.9 Å². The summed E-state index contributed by atoms with van der Waals surface area (Å²) in [6.45, 7) is 5.59. The summed E-state index contributed by atoms with van der Waals surface area (Å²) in [6, 6.07) is 3.98. The summed E-state index contributed by atoms with van der Waals surface area (Å²) in [5.41, 5.74) is 2.13. The zero-order chi connectivity index (χ0) is 20.1. The number of morpholine rings is 1. The number of aryl methyl sites for hydroxylation is 1. The predicted octanol–water partition coefficient (Wildman–Crippen LogP) is 1.54. The van der Waals surface area contributed by atoms with Crippen LogP contribution in [0.25, 0.3) is 5.82 Å². The van der Waals surface area contributed by atoms with Crippen molar-refractivity contribution in [2.24, 2.45) is 12.0 Å². The minimum absolute atomic E-state index is 0.0128. The van der Waals surface area contributed by atoms with Gasteiger partial charge >= 0.3 is 0 Å². The van der Waals surface area contributed by atoms with Crippen molar-refractivity contribution in [3.05, 3.63) is 60.6 Å². The van der Waals surface area contributed by atoms with E-state index in [1.54, 1.807) is 23.4 Å². The molecule has 0 aliphatic carbocycles. The highest BCUT2D eigenvalue weighted by atomic mass is 16.5. The van der Waals surface area contributed by atoms with E-state index in [2.05, 4.69) is 32.2 Å². The maximum absolute atomic E-state index is 5.97. The van der Waals surface area contributed by atoms with Crippen molar-refractivity contribution in [1.82, 2.24) is 34.5 Å². The van der Waals surface area contributed by atoms with Crippen LogP contribution in [0.4, 0.5) is 0 Å². The van der Waals surface area contributed by atoms with Crippen molar-refractivity contribution >= 4 is 5.96 Å². The second kappa shape index (κ2) is 8.87. The first-order valence-corrected chi connectivity index (χ1v) is 9.80. The molecule has 0 radical (unpaired) electrons. The van der Waals surface area contributed by atoms with Crippen LogP contribution in [-0.4, -0.2) is 61.4 Å². The van der Waals surface area contributed by atoms with Gasteiger partial charge in [0.2, 0.25) is 0 Å². The molecule has 3 aromatic rings. The molecule has 1 saturated heterocycles. The summed E-state index contributed by atoms with van der Waals surface area (Å²) in [5, 5.41) is 7.68. The predicted molar refractivity (Wildman–Crippen MR) is 110 cm³/mol. The topological polar surface area (TPSA) is 85.4 Å². The molecule has 9 heteroatoms. The molecule has 9 nitrogen and oxygen atoms in total. The molecule has 1 aliphatic rings. The van der Waals surface area contributed by atoms with Crippen LogP contribution in [0.3, 0.4) is 0 Å². The highest BCUT2D eigenvalue weighted by Gasteiger charge is 2.25. The van der Waals surface area contributed by atoms with Gasteiger partial charge < -0.3 is 15.0 Å². The van der Waals surface area contributed by atoms with E-state index in [4.69, 9.17) is 9.73 Å². The minimum Gasteiger partial charge on any atom is -0.370 e. The van der Waals surface area contributed by atoms with Crippen LogP contribution in [0.2, 0.25) is 0 Å². The molecule has 1 N–H and O–H groups in total. The van der Waals surface area contributed by atoms with Crippen molar-refractivity contribution in [3.63, 3.8) is 0 Å². The molecule has 1 atom stereocenters. The van der Waals surface area contributed by atoms with Crippen LogP contribution in [-0.2, 0) is 18.3 Å². The first-order chi connectivity index (χ1) is 14.2. The van der Waals surface area contributed by atoms with Gasteiger partial charge in [0.1, 0.15) is 18.2 Å². The number of pyridine rings is 1. The van der Waals surface area contributed by atoms with Gasteiger partial charge in [0.25, 0.3) is 0 Å². The lowest BCUT2D eigenvalue weighted by molar-refractivity contribution is -0.00805. The Morgan fingerprint density at radius 1 is 1.38 bits per heavy atom. The fourth-order valence-electron chi connectivity index (χ4n) is 3.41. The zero-order valence-corrected chi connectivity index (χ0v) is 16.8. The second-order valence-electron chi connectivity index (χ2n) is 6.88. The molecule has 152 valence electrons. The van der Waals surface area contributed by atoms with E-state index >= 15 is 0 Å². The van der Waals surface area contributed by atoms with Crippen molar-refractivity contribution < 1.29 is 4.74 Å². The Bertz CT molecular complexity index is 949. The van der Waals surface area contributed by atoms with Gasteiger partial charge in [-0.15, -0.1) is 0 Å². The van der Waals surface area contributed by atoms with E-state index in [9.17, 15) is 0 Å². The number of rotatable bonds is 5. The maximum atomic E-state index is 5.97. The van der Waals surface area contributed by atoms with E-state index in [1.165, 1.54) is 0 Å². The molecule has 1 unspecified atom stereocenters. The molecule has 0 spiro atoms. The summed E-state index contributed by atoms with van der Waals surface area (Å²) in [5.74, 6) is 1.73. The van der Waals surface area contributed by atoms with Crippen LogP contribution >= 0.6 is 0 Å². The third kappa shape index (κ3) is 4.45. The lowest BCUT2D eigenvalue weighted by Crippen LogP contribution is -2.48. The third-order valence-electron chi connectivity index (χ3n) is 4.81. The average molecular weight is 394 g/mol. The molecule has 0 amide bonds. The van der Waals surface area contributed by atoms with E-state index in [0.29, 0.717) is 13.2 Å². The molecule has 0 aromatic carbocycles. The van der Waals surface area contributed by atoms with Gasteiger partial charge in [0.15, 0.2) is 5.96 Å². The van der Waals surface area contributed by atoms with Crippen molar-refractivity contribution in [2.75, 3.05) is 26.2 Å². The van der Waals surface area contributed by atoms with Gasteiger partial charge in [-0.25, -0.2) is 15.0 Å². The first kappa shape index (κ1) is 19.1. The van der Waals surface area contributed by atoms with Crippen molar-refractivity contribution in [1.29, 1.82) is 0 Å². The average Bonchev–Trinajstić information content (AvgIpc) is 3.43. The maximum Gasteiger partial charge on any atom is 0.194 e. The number of aliphatic imine (C=N–C) groups is 1. The second-order valence-corrected chi connectivity index (χ2v) is 6.88. The van der Waals surface area contributed by atoms with Crippen molar-refractivity contribution in [2.45, 2.75) is 19.6 Å². The third-order valence-corrected chi connectivity index (χ3v) is 4.81. The van der Waals surface area contributed by atoms with Gasteiger partial charge in [0, 0.05) is 56.1 Å². The number of hydrogen-bond donors (Lipinski definition) is 1. The summed E-state index contributed by atoms with van der Waals surface area (Å²) in [4.78, 5) is 15.8. The standard InChI is InChI=1S/C20H26N8O/c1-3-22-20(27-9-10-29-18(14-27)17-12-25-26(2)13-17)24-11-16-5-4-6-23-19(16)28-8-7-21-15-28/h4-8,12-13,15,18H,3,9-11,14H2,1-2H3,(H,22,24). The van der Waals surface area contributed by atoms with E-state index in [0.717, 1.165) is 42.5 Å². The van der Waals surface area contributed by atoms with Crippen LogP contribution in [0.1, 0.15) is 24.2 Å². The molecule has 0 bridgehead atoms. The van der Waals surface area contributed by atoms with Gasteiger partial charge in [-0.1, -0.05) is 6.07 Å². The number of nitrogens with zero attached hydrogens (tertiary/aromatic N) is 7. The normalized spacial score (nSPS) is 17.5. The summed E-state index contributed by atoms with van der Waals surface area (Å²) < 4.78 is 9.68. The Morgan fingerprint density at radius 2 is 2.31 bits per heavy atom. The molecule has 1 aliphatic heterocycles. The number of aromatic nitrogens is 5. The largest absolute Gasteiger partial charge is 0.370 e. The smallest absolute Gasteiger partial charge is 0.194 e. The Morgan fingerprint density at radius 3 is 3.07 bits per heavy atom. The van der Waals surface area contributed by atoms with E-state index in [1.807, 2.05) is 42.3 Å². The lowest BCUT2D eigenvalue weighted by Gasteiger charge is -2.34. The van der Waals surface area contributed by atoms with Gasteiger partial charge in [-0.3, -0.25) is 9.25 Å². The summed E-state index contributed by atoms with van der Waals surface area (Å²) >= 11 is 0. The quantitative estimate of drug-likeness (QED) is 0.522. The zero-order valence-electron chi connectivity index (χ0n) is 16.8. The fourth-order valence-corrected chi connectivity index (χ4v) is 3.41. The highest BCUT2D eigenvalue weighted by Crippen LogP contribution is 2.22. The van der Waals surface area contributed by atoms with Crippen LogP contribution < -0.4 is 5.32 Å². The SMILES string of the molecule is CCNC(=NCc1cccnc1-n1ccnc1)N1CCOC(c2cnn(C)c2)C1. The van der Waals surface area contributed by atoms with Crippen LogP contribution in [0, 0.1) is 0 Å². The first-order valence-electron chi connectivity index (χ1n) is 9.80. The molecule has 3 aromatic heterocycles. The monoisotopic (exact) mass is 394 g/mol. The summed E-state index contributed by atoms with van der Waals surface area (Å²) in [7, 11) is 1.92. The Hall–Kier alpha value is -3.20. The number of ether oxygens (including phenoxy) is 1. The number of guanidine groups is 1. The van der Waals surface area contributed by atoms with E-state index in [-0.39, 0.29) is 6.10 Å². The highest BCUT2D eigenvalue weighted by molar-refractivity contribution is 5.80. The van der Waals surface area contributed by atoms with Crippen molar-refractivity contribution in [3.8, 4) is 5.82 Å². The lowest BCUT2D eigenvalue weighted by atomic mass is 10.1. The number of imidazole rings is 1. The molecule has 29 heavy (non-hydrogen) atoms. The molecule has 4 heterocycles. The molecule has 1 fully saturated rings.